The molecule has 2 aromatic rings. The molecular formula is C19H22N4O2. The topological polar surface area (TPSA) is 68.1 Å². The summed E-state index contributed by atoms with van der Waals surface area (Å²) in [7, 11) is 0. The molecule has 1 amide bonds. The van der Waals surface area contributed by atoms with Crippen molar-refractivity contribution in [3.8, 4) is 0 Å². The summed E-state index contributed by atoms with van der Waals surface area (Å²) in [5.41, 5.74) is 2.33. The SMILES string of the molecule is Cc1cnc(Cn2ccc(C)c(C(=O)N3C[C@@H]4CCC[C@@H]43)c2=O)cn1. The normalized spacial score (nSPS) is 21.8. The average molecular weight is 338 g/mol. The van der Waals surface area contributed by atoms with Crippen LogP contribution in [0.3, 0.4) is 0 Å². The summed E-state index contributed by atoms with van der Waals surface area (Å²) in [6.07, 6.45) is 8.53. The van der Waals surface area contributed by atoms with E-state index in [1.54, 1.807) is 23.2 Å². The molecule has 0 bridgehead atoms. The van der Waals surface area contributed by atoms with E-state index in [9.17, 15) is 9.59 Å². The molecule has 2 atom stereocenters. The van der Waals surface area contributed by atoms with Crippen molar-refractivity contribution in [2.24, 2.45) is 5.92 Å². The highest BCUT2D eigenvalue weighted by Gasteiger charge is 2.45. The molecule has 1 saturated heterocycles. The molecule has 6 heteroatoms. The average Bonchev–Trinajstić information content (AvgIpc) is 2.93. The number of aromatic nitrogens is 3. The lowest BCUT2D eigenvalue weighted by Crippen LogP contribution is -2.57. The van der Waals surface area contributed by atoms with Crippen LogP contribution in [0, 0.1) is 19.8 Å². The smallest absolute Gasteiger partial charge is 0.264 e. The van der Waals surface area contributed by atoms with E-state index in [0.29, 0.717) is 29.8 Å². The third kappa shape index (κ3) is 2.75. The predicted molar refractivity (Wildman–Crippen MR) is 93.5 cm³/mol. The summed E-state index contributed by atoms with van der Waals surface area (Å²) in [5.74, 6) is 0.521. The van der Waals surface area contributed by atoms with Crippen LogP contribution < -0.4 is 5.56 Å². The minimum Gasteiger partial charge on any atom is -0.335 e. The van der Waals surface area contributed by atoms with E-state index in [1.165, 1.54) is 12.8 Å². The van der Waals surface area contributed by atoms with Gasteiger partial charge >= 0.3 is 0 Å². The number of nitrogens with zero attached hydrogens (tertiary/aromatic N) is 4. The van der Waals surface area contributed by atoms with E-state index in [4.69, 9.17) is 0 Å². The first-order valence-electron chi connectivity index (χ1n) is 8.83. The number of fused-ring (bicyclic) bond motifs is 1. The maximum Gasteiger partial charge on any atom is 0.264 e. The lowest BCUT2D eigenvalue weighted by Gasteiger charge is -2.44. The zero-order valence-electron chi connectivity index (χ0n) is 14.6. The minimum atomic E-state index is -0.242. The van der Waals surface area contributed by atoms with Crippen LogP contribution in [0.2, 0.25) is 0 Å². The summed E-state index contributed by atoms with van der Waals surface area (Å²) in [6, 6.07) is 2.17. The third-order valence-electron chi connectivity index (χ3n) is 5.47. The summed E-state index contributed by atoms with van der Waals surface area (Å²) in [4.78, 5) is 36.3. The van der Waals surface area contributed by atoms with Gasteiger partial charge in [-0.2, -0.15) is 0 Å². The van der Waals surface area contributed by atoms with Crippen molar-refractivity contribution in [3.05, 3.63) is 57.5 Å². The van der Waals surface area contributed by atoms with E-state index in [0.717, 1.165) is 24.2 Å². The first-order chi connectivity index (χ1) is 12.0. The zero-order valence-corrected chi connectivity index (χ0v) is 14.6. The molecule has 0 radical (unpaired) electrons. The van der Waals surface area contributed by atoms with Crippen LogP contribution in [0.4, 0.5) is 0 Å². The van der Waals surface area contributed by atoms with Crippen molar-refractivity contribution in [2.75, 3.05) is 6.54 Å². The maximum atomic E-state index is 12.9. The quantitative estimate of drug-likeness (QED) is 0.857. The van der Waals surface area contributed by atoms with Gasteiger partial charge < -0.3 is 9.47 Å². The Morgan fingerprint density at radius 2 is 2.08 bits per heavy atom. The van der Waals surface area contributed by atoms with Gasteiger partial charge in [0.1, 0.15) is 5.56 Å². The van der Waals surface area contributed by atoms with Crippen LogP contribution in [-0.4, -0.2) is 37.9 Å². The Balaban J connectivity index is 1.63. The maximum absolute atomic E-state index is 12.9. The van der Waals surface area contributed by atoms with Crippen molar-refractivity contribution < 1.29 is 4.79 Å². The van der Waals surface area contributed by atoms with Gasteiger partial charge in [-0.05, 0) is 44.2 Å². The minimum absolute atomic E-state index is 0.116. The Morgan fingerprint density at radius 3 is 2.80 bits per heavy atom. The van der Waals surface area contributed by atoms with E-state index in [-0.39, 0.29) is 11.5 Å². The molecule has 2 aromatic heterocycles. The summed E-state index contributed by atoms with van der Waals surface area (Å²) < 4.78 is 1.55. The molecule has 4 rings (SSSR count). The highest BCUT2D eigenvalue weighted by Crippen LogP contribution is 2.39. The Bertz CT molecular complexity index is 872. The van der Waals surface area contributed by atoms with Crippen molar-refractivity contribution in [2.45, 2.75) is 45.7 Å². The van der Waals surface area contributed by atoms with Gasteiger partial charge in [0, 0.05) is 25.0 Å². The van der Waals surface area contributed by atoms with Crippen molar-refractivity contribution in [1.82, 2.24) is 19.4 Å². The molecule has 3 heterocycles. The molecule has 2 aliphatic rings. The summed E-state index contributed by atoms with van der Waals surface area (Å²) >= 11 is 0. The number of amides is 1. The van der Waals surface area contributed by atoms with Crippen LogP contribution in [0.5, 0.6) is 0 Å². The molecule has 0 spiro atoms. The second kappa shape index (κ2) is 6.10. The molecule has 1 saturated carbocycles. The second-order valence-corrected chi connectivity index (χ2v) is 7.17. The molecule has 0 N–H and O–H groups in total. The standard InChI is InChI=1S/C19H22N4O2/c1-12-6-7-22(11-15-9-20-13(2)8-21-15)18(24)17(12)19(25)23-10-14-4-3-5-16(14)23/h6-9,14,16H,3-5,10-11H2,1-2H3/t14-,16-/m0/s1. The van der Waals surface area contributed by atoms with Crippen molar-refractivity contribution in [1.29, 1.82) is 0 Å². The van der Waals surface area contributed by atoms with Crippen LogP contribution in [-0.2, 0) is 6.54 Å². The van der Waals surface area contributed by atoms with Gasteiger partial charge in [-0.1, -0.05) is 6.42 Å². The number of hydrogen-bond donors (Lipinski definition) is 0. The highest BCUT2D eigenvalue weighted by atomic mass is 16.2. The Morgan fingerprint density at radius 1 is 1.24 bits per heavy atom. The number of likely N-dealkylation sites (tertiary alicyclic amines) is 1. The molecule has 25 heavy (non-hydrogen) atoms. The summed E-state index contributed by atoms with van der Waals surface area (Å²) in [5, 5.41) is 0. The third-order valence-corrected chi connectivity index (χ3v) is 5.47. The Kier molecular flexibility index (Phi) is 3.90. The highest BCUT2D eigenvalue weighted by molar-refractivity contribution is 5.96. The number of carbonyl (C=O) groups excluding carboxylic acids is 1. The molecule has 1 aliphatic carbocycles. The molecule has 6 nitrogen and oxygen atoms in total. The fourth-order valence-electron chi connectivity index (χ4n) is 3.99. The largest absolute Gasteiger partial charge is 0.335 e. The number of aryl methyl sites for hydroxylation is 2. The van der Waals surface area contributed by atoms with E-state index in [1.807, 2.05) is 24.8 Å². The van der Waals surface area contributed by atoms with Crippen molar-refractivity contribution >= 4 is 5.91 Å². The van der Waals surface area contributed by atoms with Crippen LogP contribution in [0.1, 0.15) is 46.6 Å². The Labute approximate surface area is 146 Å². The first kappa shape index (κ1) is 16.0. The van der Waals surface area contributed by atoms with Crippen LogP contribution >= 0.6 is 0 Å². The van der Waals surface area contributed by atoms with Gasteiger partial charge in [0.2, 0.25) is 0 Å². The van der Waals surface area contributed by atoms with Gasteiger partial charge in [0.15, 0.2) is 0 Å². The van der Waals surface area contributed by atoms with E-state index < -0.39 is 0 Å². The molecule has 0 aromatic carbocycles. The first-order valence-corrected chi connectivity index (χ1v) is 8.83. The Hall–Kier alpha value is -2.50. The second-order valence-electron chi connectivity index (χ2n) is 7.17. The summed E-state index contributed by atoms with van der Waals surface area (Å²) in [6.45, 7) is 4.81. The molecule has 0 unspecified atom stereocenters. The van der Waals surface area contributed by atoms with E-state index >= 15 is 0 Å². The fraction of sp³-hybridized carbons (Fsp3) is 0.474. The molecule has 130 valence electrons. The lowest BCUT2D eigenvalue weighted by atomic mass is 9.90. The molecule has 1 aliphatic heterocycles. The van der Waals surface area contributed by atoms with Crippen LogP contribution in [0.25, 0.3) is 0 Å². The van der Waals surface area contributed by atoms with Crippen molar-refractivity contribution in [3.63, 3.8) is 0 Å². The number of pyridine rings is 1. The van der Waals surface area contributed by atoms with Gasteiger partial charge in [0.05, 0.1) is 24.1 Å². The van der Waals surface area contributed by atoms with Gasteiger partial charge in [-0.3, -0.25) is 19.6 Å². The van der Waals surface area contributed by atoms with Gasteiger partial charge in [-0.15, -0.1) is 0 Å². The van der Waals surface area contributed by atoms with Gasteiger partial charge in [-0.25, -0.2) is 0 Å². The van der Waals surface area contributed by atoms with E-state index in [2.05, 4.69) is 9.97 Å². The fourth-order valence-corrected chi connectivity index (χ4v) is 3.99. The lowest BCUT2D eigenvalue weighted by molar-refractivity contribution is 0.0266. The number of hydrogen-bond acceptors (Lipinski definition) is 4. The number of carbonyl (C=O) groups is 1. The molecular weight excluding hydrogens is 316 g/mol. The predicted octanol–water partition coefficient (Wildman–Crippen LogP) is 1.93. The van der Waals surface area contributed by atoms with Gasteiger partial charge in [0.25, 0.3) is 11.5 Å². The number of rotatable bonds is 3. The zero-order chi connectivity index (χ0) is 17.6. The molecule has 2 fully saturated rings. The van der Waals surface area contributed by atoms with Crippen LogP contribution in [0.15, 0.2) is 29.5 Å². The monoisotopic (exact) mass is 338 g/mol.